The molecule has 0 amide bonds. The van der Waals surface area contributed by atoms with Crippen LogP contribution in [0.15, 0.2) is 83.6 Å². The monoisotopic (exact) mass is 433 g/mol. The average Bonchev–Trinajstić information content (AvgIpc) is 3.28. The van der Waals surface area contributed by atoms with Crippen LogP contribution in [0.4, 0.5) is 0 Å². The molecule has 5 rings (SSSR count). The van der Waals surface area contributed by atoms with E-state index in [4.69, 9.17) is 9.40 Å². The molecule has 2 heteroatoms. The molecule has 0 bridgehead atoms. The van der Waals surface area contributed by atoms with E-state index in [1.807, 2.05) is 6.20 Å². The van der Waals surface area contributed by atoms with Crippen LogP contribution in [0.1, 0.15) is 45.7 Å². The normalized spacial score (nSPS) is 12.2. The molecule has 0 spiro atoms. The SMILES string of the molecule is CC(C)Cc1ccc(-c2ccnc(-c3cc(C(C)(C)C)c4ccccc4c3)c2)c2occc12. The Kier molecular flexibility index (Phi) is 5.32. The zero-order valence-corrected chi connectivity index (χ0v) is 20.1. The lowest BCUT2D eigenvalue weighted by Gasteiger charge is -2.22. The standard InChI is InChI=1S/C31H31NO/c1-20(2)16-22-10-11-26(30-27(22)13-15-33-30)23-12-14-32-29(19-23)24-17-21-8-6-7-9-25(21)28(18-24)31(3,4)5/h6-15,17-20H,16H2,1-5H3. The van der Waals surface area contributed by atoms with Crippen molar-refractivity contribution in [3.05, 3.63) is 90.3 Å². The van der Waals surface area contributed by atoms with Gasteiger partial charge in [0.1, 0.15) is 5.58 Å². The van der Waals surface area contributed by atoms with Gasteiger partial charge in [0.2, 0.25) is 0 Å². The fraction of sp³-hybridized carbons (Fsp3) is 0.258. The minimum Gasteiger partial charge on any atom is -0.464 e. The maximum Gasteiger partial charge on any atom is 0.141 e. The molecule has 0 N–H and O–H groups in total. The first-order chi connectivity index (χ1) is 15.8. The lowest BCUT2D eigenvalue weighted by atomic mass is 9.82. The molecule has 0 unspecified atom stereocenters. The Bertz CT molecular complexity index is 1450. The van der Waals surface area contributed by atoms with E-state index in [1.54, 1.807) is 6.26 Å². The second-order valence-corrected chi connectivity index (χ2v) is 10.5. The van der Waals surface area contributed by atoms with Crippen LogP contribution in [0.5, 0.6) is 0 Å². The first-order valence-corrected chi connectivity index (χ1v) is 11.8. The Labute approximate surface area is 196 Å². The molecule has 33 heavy (non-hydrogen) atoms. The number of hydrogen-bond donors (Lipinski definition) is 0. The molecular weight excluding hydrogens is 402 g/mol. The van der Waals surface area contributed by atoms with Crippen molar-refractivity contribution >= 4 is 21.7 Å². The first-order valence-electron chi connectivity index (χ1n) is 11.8. The van der Waals surface area contributed by atoms with Gasteiger partial charge in [-0.2, -0.15) is 0 Å². The summed E-state index contributed by atoms with van der Waals surface area (Å²) in [6.07, 6.45) is 4.76. The first kappa shape index (κ1) is 21.5. The maximum atomic E-state index is 5.97. The lowest BCUT2D eigenvalue weighted by molar-refractivity contribution is 0.596. The fourth-order valence-corrected chi connectivity index (χ4v) is 4.80. The largest absolute Gasteiger partial charge is 0.464 e. The third-order valence-corrected chi connectivity index (χ3v) is 6.37. The van der Waals surface area contributed by atoms with Crippen LogP contribution in [-0.2, 0) is 11.8 Å². The molecule has 0 aliphatic heterocycles. The van der Waals surface area contributed by atoms with Gasteiger partial charge in [-0.1, -0.05) is 71.0 Å². The molecule has 3 aromatic carbocycles. The third kappa shape index (κ3) is 4.06. The van der Waals surface area contributed by atoms with E-state index in [2.05, 4.69) is 101 Å². The van der Waals surface area contributed by atoms with Gasteiger partial charge < -0.3 is 4.42 Å². The van der Waals surface area contributed by atoms with Crippen LogP contribution in [0, 0.1) is 5.92 Å². The summed E-state index contributed by atoms with van der Waals surface area (Å²) in [4.78, 5) is 4.76. The van der Waals surface area contributed by atoms with Gasteiger partial charge in [-0.15, -0.1) is 0 Å². The molecule has 0 saturated heterocycles. The number of hydrogen-bond acceptors (Lipinski definition) is 2. The molecular formula is C31H31NO. The van der Waals surface area contributed by atoms with E-state index in [0.717, 1.165) is 34.4 Å². The van der Waals surface area contributed by atoms with Crippen LogP contribution < -0.4 is 0 Å². The van der Waals surface area contributed by atoms with E-state index in [1.165, 1.54) is 27.3 Å². The highest BCUT2D eigenvalue weighted by Gasteiger charge is 2.19. The van der Waals surface area contributed by atoms with Gasteiger partial charge in [-0.25, -0.2) is 0 Å². The minimum atomic E-state index is 0.0415. The van der Waals surface area contributed by atoms with Crippen molar-refractivity contribution in [2.75, 3.05) is 0 Å². The highest BCUT2D eigenvalue weighted by Crippen LogP contribution is 2.37. The minimum absolute atomic E-state index is 0.0415. The Hall–Kier alpha value is -3.39. The van der Waals surface area contributed by atoms with Crippen molar-refractivity contribution in [1.29, 1.82) is 0 Å². The molecule has 5 aromatic rings. The van der Waals surface area contributed by atoms with Gasteiger partial charge in [-0.3, -0.25) is 4.98 Å². The zero-order chi connectivity index (χ0) is 23.2. The summed E-state index contributed by atoms with van der Waals surface area (Å²) >= 11 is 0. The van der Waals surface area contributed by atoms with E-state index >= 15 is 0 Å². The smallest absolute Gasteiger partial charge is 0.141 e. The molecule has 0 atom stereocenters. The molecule has 2 heterocycles. The van der Waals surface area contributed by atoms with E-state index in [0.29, 0.717) is 5.92 Å². The van der Waals surface area contributed by atoms with E-state index < -0.39 is 0 Å². The summed E-state index contributed by atoms with van der Waals surface area (Å²) in [6.45, 7) is 11.3. The zero-order valence-electron chi connectivity index (χ0n) is 20.1. The second-order valence-electron chi connectivity index (χ2n) is 10.5. The van der Waals surface area contributed by atoms with Crippen LogP contribution in [0.25, 0.3) is 44.1 Å². The molecule has 0 saturated carbocycles. The Morgan fingerprint density at radius 2 is 1.67 bits per heavy atom. The predicted molar refractivity (Wildman–Crippen MR) is 140 cm³/mol. The van der Waals surface area contributed by atoms with Crippen LogP contribution in [0.2, 0.25) is 0 Å². The average molecular weight is 434 g/mol. The number of pyridine rings is 1. The Balaban J connectivity index is 1.65. The van der Waals surface area contributed by atoms with Gasteiger partial charge >= 0.3 is 0 Å². The lowest BCUT2D eigenvalue weighted by Crippen LogP contribution is -2.12. The van der Waals surface area contributed by atoms with Gasteiger partial charge in [0.15, 0.2) is 0 Å². The molecule has 2 aromatic heterocycles. The van der Waals surface area contributed by atoms with Crippen molar-refractivity contribution in [3.63, 3.8) is 0 Å². The van der Waals surface area contributed by atoms with E-state index in [-0.39, 0.29) is 5.41 Å². The summed E-state index contributed by atoms with van der Waals surface area (Å²) in [6, 6.07) is 24.0. The van der Waals surface area contributed by atoms with Gasteiger partial charge in [0.05, 0.1) is 12.0 Å². The van der Waals surface area contributed by atoms with Crippen molar-refractivity contribution in [1.82, 2.24) is 4.98 Å². The number of rotatable bonds is 4. The summed E-state index contributed by atoms with van der Waals surface area (Å²) in [5.74, 6) is 0.603. The second kappa shape index (κ2) is 8.19. The number of aromatic nitrogens is 1. The van der Waals surface area contributed by atoms with Crippen molar-refractivity contribution in [3.8, 4) is 22.4 Å². The topological polar surface area (TPSA) is 26.0 Å². The molecule has 0 radical (unpaired) electrons. The molecule has 166 valence electrons. The number of benzene rings is 3. The highest BCUT2D eigenvalue weighted by atomic mass is 16.3. The maximum absolute atomic E-state index is 5.97. The molecule has 0 aliphatic rings. The van der Waals surface area contributed by atoms with Crippen LogP contribution >= 0.6 is 0 Å². The highest BCUT2D eigenvalue weighted by molar-refractivity contribution is 5.96. The number of fused-ring (bicyclic) bond motifs is 2. The summed E-state index contributed by atoms with van der Waals surface area (Å²) in [5.41, 5.74) is 8.05. The van der Waals surface area contributed by atoms with Crippen molar-refractivity contribution in [2.45, 2.75) is 46.5 Å². The number of furan rings is 1. The number of nitrogens with zero attached hydrogens (tertiary/aromatic N) is 1. The fourth-order valence-electron chi connectivity index (χ4n) is 4.80. The van der Waals surface area contributed by atoms with Gasteiger partial charge in [-0.05, 0) is 75.5 Å². The van der Waals surface area contributed by atoms with Gasteiger partial charge in [0, 0.05) is 22.7 Å². The van der Waals surface area contributed by atoms with Gasteiger partial charge in [0.25, 0.3) is 0 Å². The van der Waals surface area contributed by atoms with Crippen LogP contribution in [0.3, 0.4) is 0 Å². The van der Waals surface area contributed by atoms with E-state index in [9.17, 15) is 0 Å². The predicted octanol–water partition coefficient (Wildman–Crippen LogP) is 8.81. The Morgan fingerprint density at radius 1 is 0.848 bits per heavy atom. The van der Waals surface area contributed by atoms with Crippen molar-refractivity contribution < 1.29 is 4.42 Å². The summed E-state index contributed by atoms with van der Waals surface area (Å²) in [5, 5.41) is 3.77. The Morgan fingerprint density at radius 3 is 2.45 bits per heavy atom. The third-order valence-electron chi connectivity index (χ3n) is 6.37. The van der Waals surface area contributed by atoms with Crippen LogP contribution in [-0.4, -0.2) is 4.98 Å². The summed E-state index contributed by atoms with van der Waals surface area (Å²) < 4.78 is 5.97. The summed E-state index contributed by atoms with van der Waals surface area (Å²) in [7, 11) is 0. The molecule has 0 aliphatic carbocycles. The van der Waals surface area contributed by atoms with Crippen molar-refractivity contribution in [2.24, 2.45) is 5.92 Å². The molecule has 2 nitrogen and oxygen atoms in total. The quantitative estimate of drug-likeness (QED) is 0.283. The molecule has 0 fully saturated rings.